The molecule has 0 aromatic heterocycles. The van der Waals surface area contributed by atoms with Crippen LogP contribution < -0.4 is 0 Å². The third kappa shape index (κ3) is 5.00. The van der Waals surface area contributed by atoms with E-state index in [0.29, 0.717) is 5.92 Å². The largest absolute Gasteiger partial charge is 0.147 e. The zero-order valence-electron chi connectivity index (χ0n) is 19.3. The van der Waals surface area contributed by atoms with E-state index >= 15 is 0 Å². The molecule has 0 spiro atoms. The Morgan fingerprint density at radius 3 is 2.23 bits per heavy atom. The number of hydrogen-bond donors (Lipinski definition) is 0. The second-order valence-electron chi connectivity index (χ2n) is 10.2. The van der Waals surface area contributed by atoms with Crippen LogP contribution in [-0.4, -0.2) is 21.8 Å². The van der Waals surface area contributed by atoms with Crippen LogP contribution in [0.25, 0.3) is 12.2 Å². The van der Waals surface area contributed by atoms with Crippen LogP contribution in [0.4, 0.5) is 0 Å². The van der Waals surface area contributed by atoms with Crippen LogP contribution in [0.3, 0.4) is 0 Å². The van der Waals surface area contributed by atoms with Crippen molar-refractivity contribution in [1.29, 1.82) is 0 Å². The Hall–Kier alpha value is -0.223. The van der Waals surface area contributed by atoms with E-state index < -0.39 is 27.2 Å². The van der Waals surface area contributed by atoms with E-state index in [1.165, 1.54) is 16.7 Å². The molecule has 0 N–H and O–H groups in total. The Morgan fingerprint density at radius 2 is 1.58 bits per heavy atom. The monoisotopic (exact) mass is 567 g/mol. The number of rotatable bonds is 6. The van der Waals surface area contributed by atoms with Gasteiger partial charge in [0.25, 0.3) is 0 Å². The zero-order chi connectivity index (χ0) is 20.9. The molecule has 31 heavy (non-hydrogen) atoms. The summed E-state index contributed by atoms with van der Waals surface area (Å²) in [4.78, 5) is 0. The Bertz CT molecular complexity index is 1050. The normalized spacial score (nSPS) is 21.6. The second-order valence-corrected chi connectivity index (χ2v) is 36.4. The molecule has 1 nitrogen and oxygen atoms in total. The molecule has 2 atom stereocenters. The van der Waals surface area contributed by atoms with Gasteiger partial charge in [-0.1, -0.05) is 0 Å². The Labute approximate surface area is 207 Å². The maximum atomic E-state index is 6.29. The van der Waals surface area contributed by atoms with Gasteiger partial charge >= 0.3 is 184 Å². The summed E-state index contributed by atoms with van der Waals surface area (Å²) >= 11 is -2.49. The van der Waals surface area contributed by atoms with Crippen LogP contribution in [0.5, 0.6) is 0 Å². The summed E-state index contributed by atoms with van der Waals surface area (Å²) in [5.74, 6) is 0.451. The minimum Gasteiger partial charge on any atom is -0.147 e. The molecule has 4 rings (SSSR count). The summed E-state index contributed by atoms with van der Waals surface area (Å²) in [6.45, 7) is 10.0. The van der Waals surface area contributed by atoms with Crippen molar-refractivity contribution in [2.24, 2.45) is 0 Å². The molecule has 6 heteroatoms. The Balaban J connectivity index is 0.00000171. The summed E-state index contributed by atoms with van der Waals surface area (Å²) in [5.41, 5.74) is 7.49. The predicted molar refractivity (Wildman–Crippen MR) is 143 cm³/mol. The van der Waals surface area contributed by atoms with Gasteiger partial charge in [-0.3, -0.25) is 0 Å². The molecule has 2 unspecified atom stereocenters. The molecule has 0 bridgehead atoms. The first kappa shape index (κ1) is 27.0. The average molecular weight is 570 g/mol. The number of fused-ring (bicyclic) bond motifs is 2. The van der Waals surface area contributed by atoms with Gasteiger partial charge in [0.15, 0.2) is 0 Å². The molecule has 0 aliphatic heterocycles. The average Bonchev–Trinajstić information content (AvgIpc) is 3.19. The zero-order valence-corrected chi connectivity index (χ0v) is 25.8. The van der Waals surface area contributed by atoms with Crippen LogP contribution in [0.15, 0.2) is 60.2 Å². The van der Waals surface area contributed by atoms with E-state index in [9.17, 15) is 0 Å². The second kappa shape index (κ2) is 9.95. The molecule has 167 valence electrons. The third-order valence-corrected chi connectivity index (χ3v) is 18.3. The van der Waals surface area contributed by atoms with Gasteiger partial charge in [0.2, 0.25) is 0 Å². The van der Waals surface area contributed by atoms with Gasteiger partial charge in [0.05, 0.1) is 0 Å². The van der Waals surface area contributed by atoms with Gasteiger partial charge in [-0.05, 0) is 0 Å². The van der Waals surface area contributed by atoms with E-state index in [1.807, 2.05) is 0 Å². The fourth-order valence-electron chi connectivity index (χ4n) is 5.18. The van der Waals surface area contributed by atoms with Crippen molar-refractivity contribution in [3.05, 3.63) is 82.4 Å². The van der Waals surface area contributed by atoms with Crippen LogP contribution in [0.1, 0.15) is 34.6 Å². The predicted octanol–water partition coefficient (Wildman–Crippen LogP) is 6.97. The quantitative estimate of drug-likeness (QED) is 0.341. The number of hydrogen-bond acceptors (Lipinski definition) is 1. The minimum atomic E-state index is -2.49. The molecule has 2 aliphatic rings. The summed E-state index contributed by atoms with van der Waals surface area (Å²) in [7, 11) is -1.50. The molecular formula is C25H35Cl2OSi2Zr. The smallest absolute Gasteiger partial charge is 0.147 e. The van der Waals surface area contributed by atoms with Crippen molar-refractivity contribution in [1.82, 2.24) is 0 Å². The molecule has 0 radical (unpaired) electrons. The topological polar surface area (TPSA) is 9.23 Å². The molecule has 0 amide bonds. The standard InChI is InChI=1S/C23H25OSi.2CH3.2ClH.H2Si.Zr/c1-25(2,3)24-15-14-19-16-18-9-5-7-11-21(18)23(19)22-13-12-17-8-4-6-10-20(17)22;;;;;;/h4-13,16,23H,14-15H2,1-3H3;2*1H3;2*1H;1H2;. The van der Waals surface area contributed by atoms with Gasteiger partial charge < -0.3 is 0 Å². The first-order valence-electron chi connectivity index (χ1n) is 10.7. The maximum Gasteiger partial charge on any atom is -0.147 e. The van der Waals surface area contributed by atoms with Gasteiger partial charge in [-0.25, -0.2) is 0 Å². The van der Waals surface area contributed by atoms with Crippen molar-refractivity contribution in [2.75, 3.05) is 6.61 Å². The maximum absolute atomic E-state index is 6.29. The Morgan fingerprint density at radius 1 is 0.968 bits per heavy atom. The number of allylic oxidation sites excluding steroid dienone is 1. The van der Waals surface area contributed by atoms with E-state index in [0.717, 1.165) is 13.0 Å². The Kier molecular flexibility index (Phi) is 8.68. The van der Waals surface area contributed by atoms with Crippen molar-refractivity contribution < 1.29 is 23.3 Å². The molecule has 0 heterocycles. The minimum absolute atomic E-state index is 0. The van der Waals surface area contributed by atoms with E-state index in [-0.39, 0.29) is 27.9 Å². The van der Waals surface area contributed by atoms with E-state index in [2.05, 4.69) is 103 Å². The number of benzene rings is 2. The summed E-state index contributed by atoms with van der Waals surface area (Å²) < 4.78 is 11.7. The van der Waals surface area contributed by atoms with E-state index in [4.69, 9.17) is 4.43 Å². The first-order valence-corrected chi connectivity index (χ1v) is 26.2. The van der Waals surface area contributed by atoms with Crippen LogP contribution in [0, 0.1) is 0 Å². The van der Waals surface area contributed by atoms with Crippen molar-refractivity contribution >= 4 is 52.2 Å². The molecule has 2 aliphatic carbocycles. The summed E-state index contributed by atoms with van der Waals surface area (Å²) in [6.07, 6.45) is 8.51. The number of halogens is 2. The van der Waals surface area contributed by atoms with E-state index in [1.54, 1.807) is 11.1 Å². The van der Waals surface area contributed by atoms with Gasteiger partial charge in [-0.2, -0.15) is 0 Å². The fourth-order valence-corrected chi connectivity index (χ4v) is 15.4. The molecule has 2 aromatic rings. The van der Waals surface area contributed by atoms with Crippen molar-refractivity contribution in [2.45, 2.75) is 44.4 Å². The molecule has 0 fully saturated rings. The van der Waals surface area contributed by atoms with Crippen LogP contribution >= 0.6 is 24.8 Å². The SMILES string of the molecule is C[Si](C)(C)OCCC1=Cc2ccccc2C1[C]1([Zr]([CH3])([CH3])=[SiH2])C=Cc2ccccc21.Cl.Cl. The summed E-state index contributed by atoms with van der Waals surface area (Å²) in [5, 5.41) is 0. The van der Waals surface area contributed by atoms with Crippen molar-refractivity contribution in [3.8, 4) is 0 Å². The van der Waals surface area contributed by atoms with Gasteiger partial charge in [0.1, 0.15) is 0 Å². The fraction of sp³-hybridized carbons (Fsp3) is 0.360. The molecular weight excluding hydrogens is 535 g/mol. The van der Waals surface area contributed by atoms with Gasteiger partial charge in [0, 0.05) is 0 Å². The molecule has 0 saturated carbocycles. The first-order chi connectivity index (χ1) is 13.6. The third-order valence-electron chi connectivity index (χ3n) is 6.45. The molecule has 2 aromatic carbocycles. The van der Waals surface area contributed by atoms with Gasteiger partial charge in [-0.15, -0.1) is 24.8 Å². The summed E-state index contributed by atoms with van der Waals surface area (Å²) in [6, 6.07) is 18.2. The van der Waals surface area contributed by atoms with Crippen LogP contribution in [-0.2, 0) is 26.4 Å². The molecule has 0 saturated heterocycles. The van der Waals surface area contributed by atoms with Crippen molar-refractivity contribution in [3.63, 3.8) is 0 Å². The van der Waals surface area contributed by atoms with Crippen LogP contribution in [0.2, 0.25) is 28.9 Å².